The Balaban J connectivity index is 1.72. The fourth-order valence-corrected chi connectivity index (χ4v) is 4.86. The number of methoxy groups -OCH3 is 1. The lowest BCUT2D eigenvalue weighted by Gasteiger charge is -2.29. The van der Waals surface area contributed by atoms with Gasteiger partial charge in [-0.25, -0.2) is 4.68 Å². The second kappa shape index (κ2) is 10.3. The van der Waals surface area contributed by atoms with Crippen molar-refractivity contribution >= 4 is 35.3 Å². The number of aromatic nitrogens is 4. The van der Waals surface area contributed by atoms with Crippen molar-refractivity contribution in [3.8, 4) is 0 Å². The molecule has 3 aromatic rings. The molecular weight excluding hydrogens is 464 g/mol. The van der Waals surface area contributed by atoms with Gasteiger partial charge in [-0.3, -0.25) is 14.6 Å². The molecule has 1 aliphatic rings. The highest BCUT2D eigenvalue weighted by atomic mass is 32.2. The first-order valence-electron chi connectivity index (χ1n) is 11.2. The molecule has 1 atom stereocenters. The predicted octanol–water partition coefficient (Wildman–Crippen LogP) is 4.18. The number of anilines is 2. The highest BCUT2D eigenvalue weighted by molar-refractivity contribution is 7.99. The van der Waals surface area contributed by atoms with Crippen molar-refractivity contribution in [1.29, 1.82) is 0 Å². The Morgan fingerprint density at radius 3 is 2.51 bits per heavy atom. The Morgan fingerprint density at radius 2 is 1.83 bits per heavy atom. The molecule has 2 aromatic heterocycles. The Bertz CT molecular complexity index is 1300. The van der Waals surface area contributed by atoms with E-state index in [0.29, 0.717) is 33.8 Å². The molecule has 1 amide bonds. The number of hydrogen-bond donors (Lipinski definition) is 2. The molecule has 1 aliphatic heterocycles. The predicted molar refractivity (Wildman–Crippen MR) is 135 cm³/mol. The van der Waals surface area contributed by atoms with Crippen LogP contribution in [0.5, 0.6) is 0 Å². The molecule has 2 N–H and O–H groups in total. The average molecular weight is 493 g/mol. The first-order valence-corrected chi connectivity index (χ1v) is 12.2. The number of nitrogens with zero attached hydrogens (tertiary/aromatic N) is 4. The van der Waals surface area contributed by atoms with Crippen LogP contribution in [0.3, 0.4) is 0 Å². The van der Waals surface area contributed by atoms with E-state index in [-0.39, 0.29) is 18.3 Å². The molecule has 9 nitrogen and oxygen atoms in total. The second-order valence-corrected chi connectivity index (χ2v) is 9.59. The molecule has 0 fully saturated rings. The minimum atomic E-state index is -0.481. The molecule has 0 saturated heterocycles. The zero-order chi connectivity index (χ0) is 25.1. The van der Waals surface area contributed by atoms with Crippen LogP contribution in [-0.2, 0) is 14.3 Å². The third-order valence-corrected chi connectivity index (χ3v) is 6.37. The smallest absolute Gasteiger partial charge is 0.306 e. The van der Waals surface area contributed by atoms with Gasteiger partial charge in [-0.2, -0.15) is 4.98 Å². The second-order valence-electron chi connectivity index (χ2n) is 8.53. The van der Waals surface area contributed by atoms with E-state index in [0.717, 1.165) is 22.3 Å². The monoisotopic (exact) mass is 492 g/mol. The number of ether oxygens (including phenoxy) is 1. The van der Waals surface area contributed by atoms with Gasteiger partial charge in [-0.15, -0.1) is 5.10 Å². The van der Waals surface area contributed by atoms with Gasteiger partial charge in [-0.05, 0) is 44.9 Å². The lowest BCUT2D eigenvalue weighted by Crippen LogP contribution is -2.31. The summed E-state index contributed by atoms with van der Waals surface area (Å²) in [6.45, 7) is 7.85. The number of allylic oxidation sites excluding steroid dienone is 1. The quantitative estimate of drug-likeness (QED) is 0.373. The number of rotatable bonds is 7. The minimum Gasteiger partial charge on any atom is -0.469 e. The van der Waals surface area contributed by atoms with Crippen LogP contribution in [0.2, 0.25) is 0 Å². The summed E-state index contributed by atoms with van der Waals surface area (Å²) in [4.78, 5) is 33.9. The SMILES string of the molecule is COC(=O)CCSc1nc2n(n1)C(c1cc(C)cc(C)c1)C(C(=O)Nc1cncc(C)c1)=C(C)N2. The van der Waals surface area contributed by atoms with Gasteiger partial charge in [-0.1, -0.05) is 41.1 Å². The topological polar surface area (TPSA) is 111 Å². The Morgan fingerprint density at radius 1 is 1.09 bits per heavy atom. The van der Waals surface area contributed by atoms with Gasteiger partial charge in [0, 0.05) is 17.6 Å². The van der Waals surface area contributed by atoms with Gasteiger partial charge in [0.25, 0.3) is 5.91 Å². The summed E-state index contributed by atoms with van der Waals surface area (Å²) < 4.78 is 6.45. The van der Waals surface area contributed by atoms with Crippen LogP contribution >= 0.6 is 11.8 Å². The third-order valence-electron chi connectivity index (χ3n) is 5.54. The highest BCUT2D eigenvalue weighted by Gasteiger charge is 2.34. The normalized spacial score (nSPS) is 14.8. The summed E-state index contributed by atoms with van der Waals surface area (Å²) in [5, 5.41) is 11.4. The van der Waals surface area contributed by atoms with Crippen molar-refractivity contribution in [1.82, 2.24) is 19.7 Å². The van der Waals surface area contributed by atoms with Crippen molar-refractivity contribution in [3.63, 3.8) is 0 Å². The number of amides is 1. The van der Waals surface area contributed by atoms with Crippen LogP contribution in [-0.4, -0.2) is 44.5 Å². The van der Waals surface area contributed by atoms with E-state index < -0.39 is 6.04 Å². The number of benzene rings is 1. The molecule has 4 rings (SSSR count). The number of pyridine rings is 1. The highest BCUT2D eigenvalue weighted by Crippen LogP contribution is 2.37. The Labute approximate surface area is 208 Å². The van der Waals surface area contributed by atoms with E-state index in [1.807, 2.05) is 33.8 Å². The molecule has 3 heterocycles. The first kappa shape index (κ1) is 24.5. The van der Waals surface area contributed by atoms with Crippen molar-refractivity contribution in [2.75, 3.05) is 23.5 Å². The molecule has 0 spiro atoms. The summed E-state index contributed by atoms with van der Waals surface area (Å²) >= 11 is 1.37. The fraction of sp³-hybridized carbons (Fsp3) is 0.320. The molecule has 182 valence electrons. The molecule has 1 aromatic carbocycles. The summed E-state index contributed by atoms with van der Waals surface area (Å²) in [6.07, 6.45) is 3.62. The van der Waals surface area contributed by atoms with Crippen molar-refractivity contribution in [2.45, 2.75) is 45.3 Å². The summed E-state index contributed by atoms with van der Waals surface area (Å²) in [6, 6.07) is 7.61. The van der Waals surface area contributed by atoms with E-state index >= 15 is 0 Å². The van der Waals surface area contributed by atoms with Crippen LogP contribution in [0, 0.1) is 20.8 Å². The zero-order valence-corrected chi connectivity index (χ0v) is 21.2. The maximum atomic E-state index is 13.6. The first-order chi connectivity index (χ1) is 16.7. The maximum absolute atomic E-state index is 13.6. The third kappa shape index (κ3) is 5.54. The minimum absolute atomic E-state index is 0.243. The van der Waals surface area contributed by atoms with Crippen LogP contribution in [0.4, 0.5) is 11.6 Å². The number of nitrogens with one attached hydrogen (secondary N) is 2. The van der Waals surface area contributed by atoms with E-state index in [2.05, 4.69) is 38.8 Å². The number of thioether (sulfide) groups is 1. The van der Waals surface area contributed by atoms with Crippen molar-refractivity contribution in [3.05, 3.63) is 70.2 Å². The molecule has 0 saturated carbocycles. The zero-order valence-electron chi connectivity index (χ0n) is 20.4. The average Bonchev–Trinajstić information content (AvgIpc) is 3.19. The van der Waals surface area contributed by atoms with Crippen LogP contribution < -0.4 is 10.6 Å². The standard InChI is InChI=1S/C25H28N6O3S/c1-14-8-15(2)10-18(9-14)22-21(23(33)28-19-11-16(3)12-26-13-19)17(4)27-24-29-25(30-31(22)24)35-7-6-20(32)34-5/h8-13,22H,6-7H2,1-5H3,(H,28,33)(H,27,29,30). The summed E-state index contributed by atoms with van der Waals surface area (Å²) in [5.41, 5.74) is 5.93. The Kier molecular flexibility index (Phi) is 7.20. The van der Waals surface area contributed by atoms with Gasteiger partial charge in [0.05, 0.1) is 31.0 Å². The van der Waals surface area contributed by atoms with Crippen LogP contribution in [0.25, 0.3) is 0 Å². The molecule has 10 heteroatoms. The molecule has 35 heavy (non-hydrogen) atoms. The van der Waals surface area contributed by atoms with Gasteiger partial charge in [0.15, 0.2) is 0 Å². The van der Waals surface area contributed by atoms with Crippen molar-refractivity contribution in [2.24, 2.45) is 0 Å². The van der Waals surface area contributed by atoms with Crippen molar-refractivity contribution < 1.29 is 14.3 Å². The number of carbonyl (C=O) groups is 2. The lowest BCUT2D eigenvalue weighted by molar-refractivity contribution is -0.140. The molecular formula is C25H28N6O3S. The van der Waals surface area contributed by atoms with Gasteiger partial charge in [0.2, 0.25) is 11.1 Å². The van der Waals surface area contributed by atoms with E-state index in [9.17, 15) is 9.59 Å². The van der Waals surface area contributed by atoms with E-state index in [1.165, 1.54) is 18.9 Å². The fourth-order valence-electron chi connectivity index (χ4n) is 4.11. The molecule has 1 unspecified atom stereocenters. The van der Waals surface area contributed by atoms with Crippen LogP contribution in [0.15, 0.2) is 53.1 Å². The summed E-state index contributed by atoms with van der Waals surface area (Å²) in [7, 11) is 1.37. The molecule has 0 aliphatic carbocycles. The van der Waals surface area contributed by atoms with Gasteiger partial charge >= 0.3 is 5.97 Å². The molecule has 0 radical (unpaired) electrons. The number of carbonyl (C=O) groups excluding carboxylic acids is 2. The number of hydrogen-bond acceptors (Lipinski definition) is 8. The lowest BCUT2D eigenvalue weighted by atomic mass is 9.92. The van der Waals surface area contributed by atoms with Crippen LogP contribution in [0.1, 0.15) is 41.6 Å². The maximum Gasteiger partial charge on any atom is 0.306 e. The number of aryl methyl sites for hydroxylation is 3. The Hall–Kier alpha value is -3.66. The van der Waals surface area contributed by atoms with E-state index in [4.69, 9.17) is 9.84 Å². The van der Waals surface area contributed by atoms with E-state index in [1.54, 1.807) is 17.1 Å². The summed E-state index contributed by atoms with van der Waals surface area (Å²) in [5.74, 6) is 0.508. The molecule has 0 bridgehead atoms. The van der Waals surface area contributed by atoms with Gasteiger partial charge in [0.1, 0.15) is 6.04 Å². The number of esters is 1. The number of fused-ring (bicyclic) bond motifs is 1. The van der Waals surface area contributed by atoms with Gasteiger partial charge < -0.3 is 15.4 Å². The largest absolute Gasteiger partial charge is 0.469 e.